The van der Waals surface area contributed by atoms with Crippen molar-refractivity contribution in [1.82, 2.24) is 0 Å². The molecule has 1 aliphatic rings. The minimum atomic E-state index is -1.52. The Kier molecular flexibility index (Phi) is 5.17. The quantitative estimate of drug-likeness (QED) is 0.337. The van der Waals surface area contributed by atoms with Crippen molar-refractivity contribution >= 4 is 17.7 Å². The summed E-state index contributed by atoms with van der Waals surface area (Å²) in [5.41, 5.74) is 0. The summed E-state index contributed by atoms with van der Waals surface area (Å²) in [7, 11) is 0. The average molecular weight is 267 g/mol. The van der Waals surface area contributed by atoms with Crippen LogP contribution in [0.25, 0.3) is 0 Å². The Hall–Kier alpha value is -0.380. The number of carbonyl (C=O) groups is 1. The predicted octanol–water partition coefficient (Wildman–Crippen LogP) is -4.80. The van der Waals surface area contributed by atoms with Crippen molar-refractivity contribution in [1.29, 1.82) is 0 Å². The van der Waals surface area contributed by atoms with Crippen LogP contribution in [-0.2, 0) is 4.79 Å². The first kappa shape index (κ1) is 14.7. The van der Waals surface area contributed by atoms with Crippen LogP contribution < -0.4 is 10.4 Å². The zero-order valence-corrected chi connectivity index (χ0v) is 10.1. The molecule has 8 heteroatoms. The van der Waals surface area contributed by atoms with Gasteiger partial charge in [-0.15, -0.1) is 0 Å². The van der Waals surface area contributed by atoms with Crippen molar-refractivity contribution in [3.63, 3.8) is 0 Å². The monoisotopic (exact) mass is 267 g/mol. The number of aliphatic hydroxyl groups excluding tert-OH is 4. The van der Waals surface area contributed by atoms with Crippen molar-refractivity contribution < 1.29 is 35.6 Å². The Morgan fingerprint density at radius 1 is 1.35 bits per heavy atom. The molecule has 1 fully saturated rings. The maximum absolute atomic E-state index is 10.6. The summed E-state index contributed by atoms with van der Waals surface area (Å²) in [5, 5.41) is 49.2. The molecule has 0 bridgehead atoms. The Morgan fingerprint density at radius 2 is 1.94 bits per heavy atom. The number of hydrogen-bond acceptors (Lipinski definition) is 7. The van der Waals surface area contributed by atoms with Crippen LogP contribution >= 0.6 is 11.8 Å². The van der Waals surface area contributed by atoms with E-state index in [4.69, 9.17) is 5.11 Å². The third kappa shape index (κ3) is 3.54. The largest absolute Gasteiger partial charge is 0.544 e. The van der Waals surface area contributed by atoms with Gasteiger partial charge >= 0.3 is 0 Å². The second-order valence-corrected chi connectivity index (χ2v) is 5.34. The second kappa shape index (κ2) is 5.98. The van der Waals surface area contributed by atoms with Crippen molar-refractivity contribution in [3.8, 4) is 0 Å². The van der Waals surface area contributed by atoms with Crippen LogP contribution in [0.5, 0.6) is 0 Å². The standard InChI is InChI=1S/C9H17NO6S/c1-3(11)5(12)6(13)7(14)8-10-4(2-17-8)9(15)16/h3-8,10-14H,2H2,1H3,(H,15,16)/t3-,4-,5+,6-,7-,8+/m0/s1. The van der Waals surface area contributed by atoms with E-state index in [1.165, 1.54) is 24.0 Å². The molecule has 0 aromatic carbocycles. The van der Waals surface area contributed by atoms with Gasteiger partial charge in [-0.1, -0.05) is 11.8 Å². The number of aliphatic carboxylic acids is 1. The van der Waals surface area contributed by atoms with Gasteiger partial charge < -0.3 is 35.6 Å². The van der Waals surface area contributed by atoms with Crippen molar-refractivity contribution in [2.24, 2.45) is 0 Å². The molecule has 1 heterocycles. The second-order valence-electron chi connectivity index (χ2n) is 4.13. The molecular formula is C9H17NO6S. The number of carboxylic acids is 1. The van der Waals surface area contributed by atoms with E-state index in [1.54, 1.807) is 0 Å². The van der Waals surface area contributed by atoms with Crippen molar-refractivity contribution in [2.75, 3.05) is 5.75 Å². The van der Waals surface area contributed by atoms with Crippen LogP contribution in [0.1, 0.15) is 6.92 Å². The van der Waals surface area contributed by atoms with Gasteiger partial charge in [-0.2, -0.15) is 0 Å². The van der Waals surface area contributed by atoms with Crippen LogP contribution in [-0.4, -0.2) is 68.0 Å². The number of thioether (sulfide) groups is 1. The Labute approximate surface area is 102 Å². The smallest absolute Gasteiger partial charge is 0.162 e. The summed E-state index contributed by atoms with van der Waals surface area (Å²) in [4.78, 5) is 10.6. The number of carboxylic acid groups (broad SMARTS) is 1. The third-order valence-electron chi connectivity index (χ3n) is 2.72. The fourth-order valence-corrected chi connectivity index (χ4v) is 2.93. The van der Waals surface area contributed by atoms with E-state index in [1.807, 2.05) is 0 Å². The Morgan fingerprint density at radius 3 is 2.35 bits per heavy atom. The molecule has 1 aliphatic heterocycles. The van der Waals surface area contributed by atoms with E-state index < -0.39 is 41.8 Å². The summed E-state index contributed by atoms with van der Waals surface area (Å²) in [5.74, 6) is -0.959. The number of nitrogens with two attached hydrogens (primary N) is 1. The van der Waals surface area contributed by atoms with Gasteiger partial charge in [0, 0.05) is 0 Å². The van der Waals surface area contributed by atoms with Gasteiger partial charge in [0.25, 0.3) is 0 Å². The zero-order chi connectivity index (χ0) is 13.2. The molecule has 6 N–H and O–H groups in total. The average Bonchev–Trinajstić information content (AvgIpc) is 2.75. The molecule has 7 nitrogen and oxygen atoms in total. The lowest BCUT2D eigenvalue weighted by atomic mass is 10.0. The van der Waals surface area contributed by atoms with E-state index in [-0.39, 0.29) is 5.75 Å². The zero-order valence-electron chi connectivity index (χ0n) is 9.26. The molecule has 1 rings (SSSR count). The topological polar surface area (TPSA) is 138 Å². The van der Waals surface area contributed by atoms with E-state index in [0.29, 0.717) is 0 Å². The molecule has 6 atom stereocenters. The molecule has 17 heavy (non-hydrogen) atoms. The molecule has 0 aromatic heterocycles. The van der Waals surface area contributed by atoms with Gasteiger partial charge in [0.1, 0.15) is 30.3 Å². The number of carbonyl (C=O) groups excluding carboxylic acids is 1. The van der Waals surface area contributed by atoms with Crippen LogP contribution in [0.15, 0.2) is 0 Å². The summed E-state index contributed by atoms with van der Waals surface area (Å²) in [6.07, 6.45) is -5.50. The summed E-state index contributed by atoms with van der Waals surface area (Å²) in [6.45, 7) is 1.29. The molecule has 0 aromatic rings. The minimum absolute atomic E-state index is 0.265. The molecular weight excluding hydrogens is 250 g/mol. The molecule has 0 saturated carbocycles. The molecule has 0 spiro atoms. The van der Waals surface area contributed by atoms with Crippen LogP contribution in [0, 0.1) is 0 Å². The van der Waals surface area contributed by atoms with Gasteiger partial charge in [0.15, 0.2) is 5.37 Å². The fourth-order valence-electron chi connectivity index (χ4n) is 1.60. The highest BCUT2D eigenvalue weighted by Gasteiger charge is 2.41. The highest BCUT2D eigenvalue weighted by atomic mass is 32.2. The van der Waals surface area contributed by atoms with Gasteiger partial charge in [-0.25, -0.2) is 0 Å². The SMILES string of the molecule is C[C@H](O)[C@@H](O)[C@H](O)[C@H](O)[C@@H]1[NH2+][C@H](C(=O)[O-])CS1. The van der Waals surface area contributed by atoms with Crippen molar-refractivity contribution in [3.05, 3.63) is 0 Å². The predicted molar refractivity (Wildman–Crippen MR) is 56.7 cm³/mol. The highest BCUT2D eigenvalue weighted by Crippen LogP contribution is 2.19. The van der Waals surface area contributed by atoms with Gasteiger partial charge in [0.2, 0.25) is 0 Å². The maximum Gasteiger partial charge on any atom is 0.162 e. The number of aliphatic hydroxyl groups is 4. The summed E-state index contributed by atoms with van der Waals surface area (Å²) in [6, 6.07) is -0.768. The number of quaternary nitrogens is 1. The number of hydrogen-bond donors (Lipinski definition) is 5. The fraction of sp³-hybridized carbons (Fsp3) is 0.889. The lowest BCUT2D eigenvalue weighted by Crippen LogP contribution is -2.96. The summed E-state index contributed by atoms with van der Waals surface area (Å²) < 4.78 is 0. The van der Waals surface area contributed by atoms with Crippen molar-refractivity contribution in [2.45, 2.75) is 42.8 Å². The first-order chi connectivity index (χ1) is 7.84. The molecule has 0 aliphatic carbocycles. The normalized spacial score (nSPS) is 31.8. The first-order valence-electron chi connectivity index (χ1n) is 5.24. The van der Waals surface area contributed by atoms with Gasteiger partial charge in [-0.05, 0) is 6.92 Å². The minimum Gasteiger partial charge on any atom is -0.544 e. The summed E-state index contributed by atoms with van der Waals surface area (Å²) >= 11 is 1.17. The lowest BCUT2D eigenvalue weighted by Gasteiger charge is -2.26. The molecule has 100 valence electrons. The van der Waals surface area contributed by atoms with Crippen LogP contribution in [0.3, 0.4) is 0 Å². The van der Waals surface area contributed by atoms with E-state index in [2.05, 4.69) is 0 Å². The first-order valence-corrected chi connectivity index (χ1v) is 6.29. The third-order valence-corrected chi connectivity index (χ3v) is 4.10. The van der Waals surface area contributed by atoms with E-state index >= 15 is 0 Å². The van der Waals surface area contributed by atoms with E-state index in [0.717, 1.165) is 0 Å². The van der Waals surface area contributed by atoms with Gasteiger partial charge in [0.05, 0.1) is 11.9 Å². The van der Waals surface area contributed by atoms with Crippen LogP contribution in [0.4, 0.5) is 0 Å². The molecule has 0 unspecified atom stereocenters. The Bertz CT molecular complexity index is 276. The molecule has 1 saturated heterocycles. The maximum atomic E-state index is 10.6. The van der Waals surface area contributed by atoms with Gasteiger partial charge in [-0.3, -0.25) is 0 Å². The molecule has 0 amide bonds. The van der Waals surface area contributed by atoms with Crippen LogP contribution in [0.2, 0.25) is 0 Å². The number of rotatable bonds is 5. The highest BCUT2D eigenvalue weighted by molar-refractivity contribution is 8.00. The lowest BCUT2D eigenvalue weighted by molar-refractivity contribution is -0.692. The van der Waals surface area contributed by atoms with E-state index in [9.17, 15) is 25.2 Å². The molecule has 0 radical (unpaired) electrons. The Balaban J connectivity index is 2.54.